The Labute approximate surface area is 445 Å². The van der Waals surface area contributed by atoms with E-state index in [0.29, 0.717) is 0 Å². The minimum absolute atomic E-state index is 0.0262. The Balaban J connectivity index is 1.18. The van der Waals surface area contributed by atoms with E-state index in [9.17, 15) is 0 Å². The SMILES string of the molecule is CC(C)(C)c1ccc2c(c1)c1cc(C(C)(C)C)cc3c1n2-c1c2c(cc4c5ccccc5c5ccccc5c14)-n1c4ccc5c6ccccc6c6ccccc6c5c4c4c5c6ccccc6c6ccccc6c5cc(c41)B23. The molecule has 18 rings (SSSR count). The van der Waals surface area contributed by atoms with Crippen LogP contribution >= 0.6 is 0 Å². The number of fused-ring (bicyclic) bond motifs is 31. The fourth-order valence-corrected chi connectivity index (χ4v) is 15.3. The van der Waals surface area contributed by atoms with Gasteiger partial charge in [0.15, 0.2) is 0 Å². The zero-order valence-electron chi connectivity index (χ0n) is 44.0. The molecule has 0 N–H and O–H groups in total. The first kappa shape index (κ1) is 42.3. The van der Waals surface area contributed by atoms with Gasteiger partial charge in [-0.1, -0.05) is 211 Å². The van der Waals surface area contributed by atoms with Crippen molar-refractivity contribution in [3.05, 3.63) is 211 Å². The molecular formula is C74H51BN2. The van der Waals surface area contributed by atoms with Crippen molar-refractivity contribution in [2.45, 2.75) is 52.4 Å². The largest absolute Gasteiger partial charge is 0.310 e. The predicted molar refractivity (Wildman–Crippen MR) is 335 cm³/mol. The van der Waals surface area contributed by atoms with Gasteiger partial charge in [-0.25, -0.2) is 0 Å². The van der Waals surface area contributed by atoms with Crippen LogP contribution in [0, 0.1) is 0 Å². The summed E-state index contributed by atoms with van der Waals surface area (Å²) in [7, 11) is 0. The molecule has 0 saturated heterocycles. The Morgan fingerprint density at radius 2 is 0.701 bits per heavy atom. The summed E-state index contributed by atoms with van der Waals surface area (Å²) in [6.07, 6.45) is 0. The summed E-state index contributed by atoms with van der Waals surface area (Å²) in [6, 6.07) is 78.0. The van der Waals surface area contributed by atoms with Crippen LogP contribution in [0.1, 0.15) is 52.7 Å². The minimum Gasteiger partial charge on any atom is -0.310 e. The summed E-state index contributed by atoms with van der Waals surface area (Å²) < 4.78 is 5.50. The van der Waals surface area contributed by atoms with Crippen molar-refractivity contribution in [1.82, 2.24) is 9.13 Å². The van der Waals surface area contributed by atoms with Crippen molar-refractivity contribution in [2.75, 3.05) is 0 Å². The van der Waals surface area contributed by atoms with Gasteiger partial charge in [-0.3, -0.25) is 0 Å². The first-order valence-corrected chi connectivity index (χ1v) is 27.6. The smallest absolute Gasteiger partial charge is 0.252 e. The maximum Gasteiger partial charge on any atom is 0.252 e. The molecule has 77 heavy (non-hydrogen) atoms. The molecule has 2 aliphatic rings. The van der Waals surface area contributed by atoms with Crippen LogP contribution in [0.25, 0.3) is 152 Å². The molecule has 0 fully saturated rings. The second-order valence-corrected chi connectivity index (χ2v) is 24.6. The summed E-state index contributed by atoms with van der Waals surface area (Å²) in [4.78, 5) is 0. The van der Waals surface area contributed by atoms with E-state index in [4.69, 9.17) is 0 Å². The van der Waals surface area contributed by atoms with E-state index in [-0.39, 0.29) is 17.5 Å². The second kappa shape index (κ2) is 14.1. The quantitative estimate of drug-likeness (QED) is 0.106. The maximum atomic E-state index is 2.75. The highest BCUT2D eigenvalue weighted by Gasteiger charge is 2.44. The molecule has 4 heterocycles. The number of rotatable bonds is 0. The normalized spacial score (nSPS) is 13.6. The van der Waals surface area contributed by atoms with E-state index in [1.807, 2.05) is 0 Å². The molecule has 2 nitrogen and oxygen atoms in total. The summed E-state index contributed by atoms with van der Waals surface area (Å²) in [5.74, 6) is 0. The highest BCUT2D eigenvalue weighted by Crippen LogP contribution is 2.51. The van der Waals surface area contributed by atoms with Gasteiger partial charge in [-0.2, -0.15) is 0 Å². The fraction of sp³-hybridized carbons (Fsp3) is 0.108. The number of aromatic nitrogens is 2. The number of nitrogens with zero attached hydrogens (tertiary/aromatic N) is 2. The van der Waals surface area contributed by atoms with Crippen LogP contribution in [0.5, 0.6) is 0 Å². The highest BCUT2D eigenvalue weighted by atomic mass is 15.0. The van der Waals surface area contributed by atoms with Gasteiger partial charge in [0.2, 0.25) is 0 Å². The van der Waals surface area contributed by atoms with Crippen LogP contribution in [0.3, 0.4) is 0 Å². The molecule has 0 atom stereocenters. The third kappa shape index (κ3) is 5.14. The van der Waals surface area contributed by atoms with E-state index in [0.717, 1.165) is 0 Å². The summed E-state index contributed by atoms with van der Waals surface area (Å²) in [6.45, 7) is 14.2. The Kier molecular flexibility index (Phi) is 7.76. The minimum atomic E-state index is -0.109. The lowest BCUT2D eigenvalue weighted by atomic mass is 9.33. The molecule has 0 unspecified atom stereocenters. The molecule has 14 aromatic carbocycles. The van der Waals surface area contributed by atoms with Gasteiger partial charge < -0.3 is 9.13 Å². The van der Waals surface area contributed by atoms with Crippen LogP contribution in [-0.4, -0.2) is 15.8 Å². The lowest BCUT2D eigenvalue weighted by Crippen LogP contribution is -2.59. The average molecular weight is 979 g/mol. The molecule has 2 aromatic heterocycles. The maximum absolute atomic E-state index is 2.75. The van der Waals surface area contributed by atoms with Gasteiger partial charge in [0.25, 0.3) is 6.71 Å². The average Bonchev–Trinajstić information content (AvgIpc) is 3.20. The zero-order valence-corrected chi connectivity index (χ0v) is 44.0. The summed E-state index contributed by atoms with van der Waals surface area (Å²) in [5, 5.41) is 28.7. The number of benzene rings is 14. The predicted octanol–water partition coefficient (Wildman–Crippen LogP) is 18.0. The molecule has 0 aliphatic carbocycles. The van der Waals surface area contributed by atoms with Crippen LogP contribution in [0.2, 0.25) is 0 Å². The molecule has 0 saturated carbocycles. The summed E-state index contributed by atoms with van der Waals surface area (Å²) in [5.41, 5.74) is 14.5. The Hall–Kier alpha value is -8.92. The molecule has 0 spiro atoms. The molecule has 360 valence electrons. The molecule has 2 aliphatic heterocycles. The molecule has 0 bridgehead atoms. The molecule has 3 heteroatoms. The van der Waals surface area contributed by atoms with E-state index in [1.54, 1.807) is 0 Å². The first-order chi connectivity index (χ1) is 37.5. The van der Waals surface area contributed by atoms with Crippen LogP contribution in [-0.2, 0) is 10.8 Å². The third-order valence-electron chi connectivity index (χ3n) is 18.7. The molecule has 0 amide bonds. The monoisotopic (exact) mass is 978 g/mol. The van der Waals surface area contributed by atoms with E-state index in [2.05, 4.69) is 251 Å². The Morgan fingerprint density at radius 1 is 0.286 bits per heavy atom. The van der Waals surface area contributed by atoms with Crippen molar-refractivity contribution in [1.29, 1.82) is 0 Å². The van der Waals surface area contributed by atoms with Gasteiger partial charge in [-0.15, -0.1) is 0 Å². The standard InChI is InChI=1S/C74H51BN2/c1-73(2,3)40-31-33-61-55(35-40)58-36-41(74(4,5)6)37-59-70(58)77(61)72-66-53-30-18-15-24-47(53)44-21-9-12-27-50(44)57(66)39-63-69(72)75(59)60-38-56-49-26-11-8-20-43(49)46-23-14-17-29-52(46)65(56)68-67-62(76(63)71(60)68)34-32-54-48-25-10-7-19-42(48)45-22-13-16-28-51(45)64(54)67/h7-39H,1-6H3. The van der Waals surface area contributed by atoms with E-state index < -0.39 is 0 Å². The topological polar surface area (TPSA) is 9.86 Å². The molecular weight excluding hydrogens is 928 g/mol. The molecule has 16 aromatic rings. The third-order valence-corrected chi connectivity index (χ3v) is 18.7. The van der Waals surface area contributed by atoms with E-state index in [1.165, 1.54) is 179 Å². The highest BCUT2D eigenvalue weighted by molar-refractivity contribution is 7.01. The van der Waals surface area contributed by atoms with E-state index >= 15 is 0 Å². The van der Waals surface area contributed by atoms with Crippen molar-refractivity contribution in [2.24, 2.45) is 0 Å². The van der Waals surface area contributed by atoms with Crippen LogP contribution < -0.4 is 16.4 Å². The van der Waals surface area contributed by atoms with Gasteiger partial charge >= 0.3 is 0 Å². The number of hydrogen-bond acceptors (Lipinski definition) is 0. The van der Waals surface area contributed by atoms with Gasteiger partial charge in [0, 0.05) is 48.9 Å². The van der Waals surface area contributed by atoms with Crippen molar-refractivity contribution >= 4 is 164 Å². The van der Waals surface area contributed by atoms with Crippen molar-refractivity contribution < 1.29 is 0 Å². The zero-order chi connectivity index (χ0) is 51.1. The summed E-state index contributed by atoms with van der Waals surface area (Å²) >= 11 is 0. The van der Waals surface area contributed by atoms with Gasteiger partial charge in [-0.05, 0) is 149 Å². The lowest BCUT2D eigenvalue weighted by Gasteiger charge is -2.36. The Morgan fingerprint density at radius 3 is 1.23 bits per heavy atom. The fourth-order valence-electron chi connectivity index (χ4n) is 15.3. The lowest BCUT2D eigenvalue weighted by molar-refractivity contribution is 0.590. The van der Waals surface area contributed by atoms with Crippen molar-refractivity contribution in [3.8, 4) is 11.4 Å². The van der Waals surface area contributed by atoms with Crippen LogP contribution in [0.4, 0.5) is 0 Å². The first-order valence-electron chi connectivity index (χ1n) is 27.6. The van der Waals surface area contributed by atoms with Gasteiger partial charge in [0.05, 0.1) is 22.2 Å². The van der Waals surface area contributed by atoms with Crippen LogP contribution in [0.15, 0.2) is 200 Å². The second-order valence-electron chi connectivity index (χ2n) is 24.6. The number of hydrogen-bond donors (Lipinski definition) is 0. The Bertz CT molecular complexity index is 5440. The van der Waals surface area contributed by atoms with Gasteiger partial charge in [0.1, 0.15) is 0 Å². The van der Waals surface area contributed by atoms with Crippen molar-refractivity contribution in [3.63, 3.8) is 0 Å². The molecule has 0 radical (unpaired) electrons.